The number of benzene rings is 1. The zero-order chi connectivity index (χ0) is 23.4. The summed E-state index contributed by atoms with van der Waals surface area (Å²) in [7, 11) is -6.36. The van der Waals surface area contributed by atoms with Crippen LogP contribution in [0.1, 0.15) is 58.3 Å². The van der Waals surface area contributed by atoms with E-state index in [9.17, 15) is 32.0 Å². The molecule has 31 heavy (non-hydrogen) atoms. The van der Waals surface area contributed by atoms with Gasteiger partial charge in [-0.25, -0.2) is 4.79 Å². The molecule has 0 radical (unpaired) electrons. The fourth-order valence-electron chi connectivity index (χ4n) is 3.70. The number of cyclic esters (lactones) is 1. The van der Waals surface area contributed by atoms with E-state index in [2.05, 4.69) is 6.92 Å². The van der Waals surface area contributed by atoms with Crippen LogP contribution in [0.25, 0.3) is 0 Å². The molecule has 0 aliphatic carbocycles. The van der Waals surface area contributed by atoms with Gasteiger partial charge in [0.1, 0.15) is 12.4 Å². The van der Waals surface area contributed by atoms with Gasteiger partial charge in [0.2, 0.25) is 5.25 Å². The number of carboxylic acids is 1. The summed E-state index contributed by atoms with van der Waals surface area (Å²) in [6.45, 7) is 2.20. The molecule has 4 atom stereocenters. The summed E-state index contributed by atoms with van der Waals surface area (Å²) >= 11 is 0. The Morgan fingerprint density at radius 1 is 1.06 bits per heavy atom. The van der Waals surface area contributed by atoms with E-state index >= 15 is 0 Å². The molecule has 1 fully saturated rings. The summed E-state index contributed by atoms with van der Waals surface area (Å²) in [6, 6.07) is 9.88. The summed E-state index contributed by atoms with van der Waals surface area (Å²) in [4.78, 5) is 25.0. The lowest BCUT2D eigenvalue weighted by molar-refractivity contribution is -0.142. The number of esters is 1. The average molecular weight is 466 g/mol. The summed E-state index contributed by atoms with van der Waals surface area (Å²) in [5, 5.41) is 9.00. The van der Waals surface area contributed by atoms with Gasteiger partial charge in [-0.15, -0.1) is 0 Å². The Balaban J connectivity index is 0.000000861. The second-order valence-electron chi connectivity index (χ2n) is 7.58. The smallest absolute Gasteiger partial charge is 0.481 e. The van der Waals surface area contributed by atoms with E-state index in [-0.39, 0.29) is 40.6 Å². The maximum atomic E-state index is 12.6. The fourth-order valence-corrected chi connectivity index (χ4v) is 5.72. The average Bonchev–Trinajstić information content (AvgIpc) is 2.97. The lowest BCUT2D eigenvalue weighted by Crippen LogP contribution is -2.34. The monoisotopic (exact) mass is 466 g/mol. The maximum absolute atomic E-state index is 12.6. The van der Waals surface area contributed by atoms with Crippen molar-refractivity contribution in [2.75, 3.05) is 6.26 Å². The van der Waals surface area contributed by atoms with Gasteiger partial charge < -0.3 is 27.1 Å². The van der Waals surface area contributed by atoms with Crippen LogP contribution in [0.15, 0.2) is 35.2 Å². The summed E-state index contributed by atoms with van der Waals surface area (Å²) in [5.74, 6) is -1.30. The molecule has 1 N–H and O–H groups in total. The van der Waals surface area contributed by atoms with Crippen molar-refractivity contribution in [3.8, 4) is 0 Å². The number of carbonyl (C=O) groups excluding carboxylic acids is 1. The van der Waals surface area contributed by atoms with Crippen LogP contribution in [0.3, 0.4) is 0 Å². The predicted octanol–water partition coefficient (Wildman–Crippen LogP) is 5.73. The van der Waals surface area contributed by atoms with Crippen molar-refractivity contribution in [3.05, 3.63) is 30.3 Å². The molecule has 1 heterocycles. The molecule has 1 saturated heterocycles. The van der Waals surface area contributed by atoms with Crippen molar-refractivity contribution in [2.24, 2.45) is 5.92 Å². The predicted molar refractivity (Wildman–Crippen MR) is 116 cm³/mol. The first-order valence-electron chi connectivity index (χ1n) is 10.5. The molecule has 176 valence electrons. The lowest BCUT2D eigenvalue weighted by Gasteiger charge is -2.18. The highest BCUT2D eigenvalue weighted by molar-refractivity contribution is 7.97. The number of halogens is 4. The van der Waals surface area contributed by atoms with Crippen molar-refractivity contribution in [3.63, 3.8) is 0 Å². The Morgan fingerprint density at radius 2 is 1.61 bits per heavy atom. The van der Waals surface area contributed by atoms with Crippen LogP contribution >= 0.6 is 0 Å². The molecule has 4 nitrogen and oxygen atoms in total. The van der Waals surface area contributed by atoms with Crippen molar-refractivity contribution in [1.29, 1.82) is 0 Å². The molecule has 2 rings (SSSR count). The van der Waals surface area contributed by atoms with Crippen LogP contribution in [-0.4, -0.2) is 41.9 Å². The zero-order valence-corrected chi connectivity index (χ0v) is 18.8. The third-order valence-electron chi connectivity index (χ3n) is 5.11. The topological polar surface area (TPSA) is 63.6 Å². The van der Waals surface area contributed by atoms with Gasteiger partial charge in [-0.1, -0.05) is 57.2 Å². The second kappa shape index (κ2) is 13.7. The normalized spacial score (nSPS) is 21.7. The maximum Gasteiger partial charge on any atom is 0.673 e. The minimum atomic E-state index is -6.00. The first-order valence-corrected chi connectivity index (χ1v) is 12.2. The number of aliphatic carboxylic acids is 1. The molecule has 1 aromatic carbocycles. The SMILES string of the molecule is CCCCCCCC[C@H]1OC(=O)[C@@H]([S+](C)c2ccccc2)[C@@H]1CC(=O)O.F[B-](F)(F)F. The van der Waals surface area contributed by atoms with E-state index in [4.69, 9.17) is 4.74 Å². The van der Waals surface area contributed by atoms with Crippen LogP contribution in [0.5, 0.6) is 0 Å². The molecule has 0 aromatic heterocycles. The van der Waals surface area contributed by atoms with Crippen LogP contribution in [0, 0.1) is 5.92 Å². The molecule has 1 aliphatic rings. The van der Waals surface area contributed by atoms with E-state index < -0.39 is 13.2 Å². The summed E-state index contributed by atoms with van der Waals surface area (Å²) in [5.41, 5.74) is 0. The number of hydrogen-bond acceptors (Lipinski definition) is 3. The number of ether oxygens (including phenoxy) is 1. The molecule has 0 saturated carbocycles. The van der Waals surface area contributed by atoms with Gasteiger partial charge in [0.05, 0.1) is 12.3 Å². The number of rotatable bonds is 11. The van der Waals surface area contributed by atoms with Crippen LogP contribution in [0.4, 0.5) is 17.3 Å². The molecule has 10 heteroatoms. The zero-order valence-electron chi connectivity index (χ0n) is 17.9. The summed E-state index contributed by atoms with van der Waals surface area (Å²) < 4.78 is 44.7. The number of carbonyl (C=O) groups is 2. The minimum absolute atomic E-state index is 0.00107. The van der Waals surface area contributed by atoms with Gasteiger partial charge in [0.25, 0.3) is 0 Å². The largest absolute Gasteiger partial charge is 0.673 e. The summed E-state index contributed by atoms with van der Waals surface area (Å²) in [6.07, 6.45) is 9.59. The lowest BCUT2D eigenvalue weighted by atomic mass is 9.93. The molecular weight excluding hydrogens is 435 g/mol. The van der Waals surface area contributed by atoms with Gasteiger partial charge in [-0.05, 0) is 25.0 Å². The Hall–Kier alpha value is -1.71. The Bertz CT molecular complexity index is 669. The molecule has 0 bridgehead atoms. The minimum Gasteiger partial charge on any atom is -0.481 e. The van der Waals surface area contributed by atoms with Crippen LogP contribution in [0.2, 0.25) is 0 Å². The third kappa shape index (κ3) is 10.9. The number of carboxylic acid groups (broad SMARTS) is 1. The van der Waals surface area contributed by atoms with Crippen molar-refractivity contribution in [2.45, 2.75) is 74.5 Å². The van der Waals surface area contributed by atoms with Gasteiger partial charge in [0.15, 0.2) is 4.90 Å². The van der Waals surface area contributed by atoms with Gasteiger partial charge >= 0.3 is 19.2 Å². The highest BCUT2D eigenvalue weighted by Gasteiger charge is 2.54. The van der Waals surface area contributed by atoms with E-state index in [1.165, 1.54) is 25.7 Å². The van der Waals surface area contributed by atoms with E-state index in [1.807, 2.05) is 36.6 Å². The Labute approximate surface area is 184 Å². The molecule has 1 aliphatic heterocycles. The standard InChI is InChI=1S/C21H30O4S.BF4/c1-3-4-5-6-7-11-14-18-17(15-19(22)23)20(21(24)25-18)26(2)16-12-9-8-10-13-16;2-1(3,4)5/h8-10,12-13,17-18,20H,3-7,11,14-15H2,1-2H3;/q;-1/p+1/t17-,18-,20+,26?;/m1./s1. The Kier molecular flexibility index (Phi) is 12.0. The first kappa shape index (κ1) is 27.3. The van der Waals surface area contributed by atoms with E-state index in [0.717, 1.165) is 24.2 Å². The molecule has 0 amide bonds. The number of hydrogen-bond donors (Lipinski definition) is 1. The van der Waals surface area contributed by atoms with Crippen molar-refractivity contribution < 1.29 is 36.7 Å². The fraction of sp³-hybridized carbons (Fsp3) is 0.619. The van der Waals surface area contributed by atoms with Crippen molar-refractivity contribution >= 4 is 30.1 Å². The highest BCUT2D eigenvalue weighted by atomic mass is 32.2. The molecule has 1 aromatic rings. The number of unbranched alkanes of at least 4 members (excludes halogenated alkanes) is 5. The van der Waals surface area contributed by atoms with Gasteiger partial charge in [-0.2, -0.15) is 0 Å². The second-order valence-corrected chi connectivity index (χ2v) is 9.67. The molecular formula is C21H31BF4O4S. The van der Waals surface area contributed by atoms with Crippen molar-refractivity contribution in [1.82, 2.24) is 0 Å². The van der Waals surface area contributed by atoms with Gasteiger partial charge in [0, 0.05) is 10.9 Å². The molecule has 1 unspecified atom stereocenters. The van der Waals surface area contributed by atoms with E-state index in [0.29, 0.717) is 0 Å². The quantitative estimate of drug-likeness (QED) is 0.149. The van der Waals surface area contributed by atoms with Crippen LogP contribution in [-0.2, 0) is 25.2 Å². The molecule has 0 spiro atoms. The Morgan fingerprint density at radius 3 is 2.16 bits per heavy atom. The van der Waals surface area contributed by atoms with Crippen LogP contribution < -0.4 is 0 Å². The highest BCUT2D eigenvalue weighted by Crippen LogP contribution is 2.36. The van der Waals surface area contributed by atoms with E-state index in [1.54, 1.807) is 0 Å². The third-order valence-corrected chi connectivity index (χ3v) is 7.43. The van der Waals surface area contributed by atoms with Gasteiger partial charge in [-0.3, -0.25) is 4.79 Å². The first-order chi connectivity index (χ1) is 14.5.